The minimum atomic E-state index is -0.621. The Balaban J connectivity index is 1.93. The molecule has 0 saturated heterocycles. The molecule has 2 heterocycles. The summed E-state index contributed by atoms with van der Waals surface area (Å²) in [4.78, 5) is 26.8. The highest BCUT2D eigenvalue weighted by molar-refractivity contribution is 7.80. The van der Waals surface area contributed by atoms with Crippen LogP contribution in [0, 0.1) is 13.9 Å². The average molecular weight is 415 g/mol. The normalized spacial score (nSPS) is 14.4. The smallest absolute Gasteiger partial charge is 0.270 e. The molecule has 0 atom stereocenters. The van der Waals surface area contributed by atoms with Gasteiger partial charge in [-0.15, -0.1) is 0 Å². The Labute approximate surface area is 168 Å². The molecule has 3 aromatic rings. The maximum Gasteiger partial charge on any atom is 0.270 e. The Morgan fingerprint density at radius 2 is 1.89 bits per heavy atom. The molecule has 1 aliphatic heterocycles. The van der Waals surface area contributed by atoms with E-state index < -0.39 is 10.5 Å². The lowest BCUT2D eigenvalue weighted by Gasteiger charge is -2.42. The first-order chi connectivity index (χ1) is 12.8. The van der Waals surface area contributed by atoms with Gasteiger partial charge < -0.3 is 0 Å². The zero-order chi connectivity index (χ0) is 19.3. The van der Waals surface area contributed by atoms with E-state index in [4.69, 9.17) is 12.2 Å². The number of non-ortho nitro benzene ring substituents is 1. The molecule has 1 aliphatic rings. The third-order valence-electron chi connectivity index (χ3n) is 4.67. The molecular weight excluding hydrogens is 400 g/mol. The SMILES string of the molecule is CC1(C)c2ssc(=S)c2-c2ccccc2N1C(=O)c1cccc([N+](=O)[O-])c1. The van der Waals surface area contributed by atoms with Gasteiger partial charge in [0.1, 0.15) is 3.82 Å². The van der Waals surface area contributed by atoms with Crippen molar-refractivity contribution in [1.29, 1.82) is 0 Å². The molecule has 0 fully saturated rings. The molecular formula is C19H14N2O3S3. The Kier molecular flexibility index (Phi) is 4.21. The van der Waals surface area contributed by atoms with Gasteiger partial charge in [-0.25, -0.2) is 0 Å². The van der Waals surface area contributed by atoms with Crippen LogP contribution in [0.1, 0.15) is 29.1 Å². The number of amides is 1. The van der Waals surface area contributed by atoms with Gasteiger partial charge in [0, 0.05) is 28.8 Å². The minimum absolute atomic E-state index is 0.101. The first kappa shape index (κ1) is 18.0. The van der Waals surface area contributed by atoms with Gasteiger partial charge in [0.25, 0.3) is 11.6 Å². The number of benzene rings is 2. The molecule has 1 amide bonds. The van der Waals surface area contributed by atoms with Crippen LogP contribution in [-0.2, 0) is 5.54 Å². The van der Waals surface area contributed by atoms with Crippen molar-refractivity contribution in [1.82, 2.24) is 0 Å². The van der Waals surface area contributed by atoms with E-state index in [0.717, 1.165) is 25.5 Å². The lowest BCUT2D eigenvalue weighted by atomic mass is 9.87. The van der Waals surface area contributed by atoms with Crippen molar-refractivity contribution in [3.05, 3.63) is 72.9 Å². The van der Waals surface area contributed by atoms with Gasteiger partial charge in [0.05, 0.1) is 21.0 Å². The summed E-state index contributed by atoms with van der Waals surface area (Å²) in [5.41, 5.74) is 2.27. The van der Waals surface area contributed by atoms with Crippen molar-refractivity contribution in [2.75, 3.05) is 4.90 Å². The molecule has 4 rings (SSSR count). The molecule has 5 nitrogen and oxygen atoms in total. The first-order valence-corrected chi connectivity index (χ1v) is 10.7. The molecule has 0 bridgehead atoms. The standard InChI is InChI=1S/C19H14N2O3S3/c1-19(2)16-15(18(25)27-26-16)13-8-3-4-9-14(13)20(19)17(22)11-6-5-7-12(10-11)21(23)24/h3-10H,1-2H3. The Hall–Kier alpha value is -2.42. The Bertz CT molecular complexity index is 1150. The van der Waals surface area contributed by atoms with Crippen LogP contribution in [0.5, 0.6) is 0 Å². The van der Waals surface area contributed by atoms with Crippen molar-refractivity contribution in [2.45, 2.75) is 19.4 Å². The van der Waals surface area contributed by atoms with Crippen LogP contribution in [0.15, 0.2) is 48.5 Å². The van der Waals surface area contributed by atoms with E-state index in [-0.39, 0.29) is 17.2 Å². The van der Waals surface area contributed by atoms with Gasteiger partial charge in [-0.1, -0.05) is 57.2 Å². The molecule has 0 aliphatic carbocycles. The van der Waals surface area contributed by atoms with Crippen LogP contribution in [-0.4, -0.2) is 10.8 Å². The molecule has 0 unspecified atom stereocenters. The lowest BCUT2D eigenvalue weighted by Crippen LogP contribution is -2.47. The van der Waals surface area contributed by atoms with Crippen molar-refractivity contribution >= 4 is 50.2 Å². The predicted octanol–water partition coefficient (Wildman–Crippen LogP) is 6.01. The number of fused-ring (bicyclic) bond motifs is 3. The van der Waals surface area contributed by atoms with Gasteiger partial charge in [-0.2, -0.15) is 0 Å². The van der Waals surface area contributed by atoms with Gasteiger partial charge in [-0.05, 0) is 26.0 Å². The molecule has 8 heteroatoms. The van der Waals surface area contributed by atoms with Gasteiger partial charge in [-0.3, -0.25) is 19.8 Å². The number of hydrogen-bond donors (Lipinski definition) is 0. The van der Waals surface area contributed by atoms with Gasteiger partial charge in [0.2, 0.25) is 0 Å². The van der Waals surface area contributed by atoms with Crippen LogP contribution >= 0.6 is 32.9 Å². The predicted molar refractivity (Wildman–Crippen MR) is 111 cm³/mol. The number of carbonyl (C=O) groups is 1. The highest BCUT2D eigenvalue weighted by Crippen LogP contribution is 2.52. The second-order valence-corrected chi connectivity index (χ2v) is 9.50. The Morgan fingerprint density at radius 1 is 1.15 bits per heavy atom. The average Bonchev–Trinajstić information content (AvgIpc) is 3.04. The minimum Gasteiger partial charge on any atom is -0.297 e. The van der Waals surface area contributed by atoms with Gasteiger partial charge >= 0.3 is 0 Å². The van der Waals surface area contributed by atoms with Crippen LogP contribution in [0.3, 0.4) is 0 Å². The molecule has 0 spiro atoms. The summed E-state index contributed by atoms with van der Waals surface area (Å²) < 4.78 is 0.818. The maximum atomic E-state index is 13.5. The van der Waals surface area contributed by atoms with Gasteiger partial charge in [0.15, 0.2) is 0 Å². The van der Waals surface area contributed by atoms with E-state index >= 15 is 0 Å². The van der Waals surface area contributed by atoms with Crippen molar-refractivity contribution in [3.63, 3.8) is 0 Å². The molecule has 136 valence electrons. The topological polar surface area (TPSA) is 63.5 Å². The van der Waals surface area contributed by atoms with Crippen LogP contribution in [0.25, 0.3) is 11.1 Å². The quantitative estimate of drug-likeness (QED) is 0.223. The van der Waals surface area contributed by atoms with E-state index in [1.165, 1.54) is 28.5 Å². The third kappa shape index (κ3) is 2.72. The fourth-order valence-corrected chi connectivity index (χ4v) is 6.70. The zero-order valence-electron chi connectivity index (χ0n) is 14.5. The van der Waals surface area contributed by atoms with E-state index in [2.05, 4.69) is 0 Å². The number of hydrogen-bond acceptors (Lipinski definition) is 6. The largest absolute Gasteiger partial charge is 0.297 e. The number of nitro groups is 1. The molecule has 0 N–H and O–H groups in total. The fraction of sp³-hybridized carbons (Fsp3) is 0.158. The lowest BCUT2D eigenvalue weighted by molar-refractivity contribution is -0.384. The summed E-state index contributed by atoms with van der Waals surface area (Å²) in [6, 6.07) is 13.5. The molecule has 1 aromatic heterocycles. The number of nitro benzene ring substituents is 1. The van der Waals surface area contributed by atoms with Crippen LogP contribution in [0.2, 0.25) is 0 Å². The second kappa shape index (κ2) is 6.33. The first-order valence-electron chi connectivity index (χ1n) is 8.14. The number of anilines is 1. The monoisotopic (exact) mass is 414 g/mol. The van der Waals surface area contributed by atoms with E-state index in [1.54, 1.807) is 21.3 Å². The third-order valence-corrected chi connectivity index (χ3v) is 8.00. The maximum absolute atomic E-state index is 13.5. The molecule has 27 heavy (non-hydrogen) atoms. The van der Waals surface area contributed by atoms with Crippen LogP contribution < -0.4 is 4.90 Å². The van der Waals surface area contributed by atoms with E-state index in [9.17, 15) is 14.9 Å². The van der Waals surface area contributed by atoms with E-state index in [0.29, 0.717) is 0 Å². The summed E-state index contributed by atoms with van der Waals surface area (Å²) in [5.74, 6) is -0.272. The fourth-order valence-electron chi connectivity index (χ4n) is 3.42. The molecule has 2 aromatic carbocycles. The van der Waals surface area contributed by atoms with Crippen molar-refractivity contribution in [2.24, 2.45) is 0 Å². The zero-order valence-corrected chi connectivity index (χ0v) is 16.9. The summed E-state index contributed by atoms with van der Waals surface area (Å²) >= 11 is 5.55. The summed E-state index contributed by atoms with van der Waals surface area (Å²) in [6.07, 6.45) is 0. The van der Waals surface area contributed by atoms with Crippen molar-refractivity contribution in [3.8, 4) is 11.1 Å². The number of para-hydroxylation sites is 1. The summed E-state index contributed by atoms with van der Waals surface area (Å²) in [5, 5.41) is 11.1. The highest BCUT2D eigenvalue weighted by Gasteiger charge is 2.43. The highest BCUT2D eigenvalue weighted by atomic mass is 32.9. The number of rotatable bonds is 2. The van der Waals surface area contributed by atoms with E-state index in [1.807, 2.05) is 38.1 Å². The molecule has 0 radical (unpaired) electrons. The summed E-state index contributed by atoms with van der Waals surface area (Å²) in [6.45, 7) is 3.96. The summed E-state index contributed by atoms with van der Waals surface area (Å²) in [7, 11) is 3.11. The number of carbonyl (C=O) groups excluding carboxylic acids is 1. The second-order valence-electron chi connectivity index (χ2n) is 6.68. The van der Waals surface area contributed by atoms with Crippen LogP contribution in [0.4, 0.5) is 11.4 Å². The Morgan fingerprint density at radius 3 is 2.63 bits per heavy atom. The van der Waals surface area contributed by atoms with Crippen molar-refractivity contribution < 1.29 is 9.72 Å². The number of nitrogens with zero attached hydrogens (tertiary/aromatic N) is 2. The molecule has 0 saturated carbocycles.